The van der Waals surface area contributed by atoms with Crippen LogP contribution in [0.3, 0.4) is 0 Å². The summed E-state index contributed by atoms with van der Waals surface area (Å²) in [6.07, 6.45) is 1.89. The molecule has 0 aliphatic heterocycles. The van der Waals surface area contributed by atoms with E-state index in [9.17, 15) is 9.59 Å². The lowest BCUT2D eigenvalue weighted by Gasteiger charge is -2.28. The maximum Gasteiger partial charge on any atom is 0.421 e. The molecule has 0 fully saturated rings. The predicted octanol–water partition coefficient (Wildman–Crippen LogP) is 1.66. The molecule has 0 bridgehead atoms. The largest absolute Gasteiger partial charge is 0.421 e. The number of nitrogens with two attached hydrogens (primary N) is 1. The van der Waals surface area contributed by atoms with Crippen LogP contribution in [-0.2, 0) is 4.79 Å². The highest BCUT2D eigenvalue weighted by Gasteiger charge is 2.37. The zero-order valence-corrected chi connectivity index (χ0v) is 10.0. The second-order valence-corrected chi connectivity index (χ2v) is 5.11. The molecule has 0 aromatic carbocycles. The first-order chi connectivity index (χ1) is 6.63. The Labute approximate surface area is 91.3 Å². The van der Waals surface area contributed by atoms with Crippen LogP contribution in [0, 0.1) is 5.41 Å². The van der Waals surface area contributed by atoms with Gasteiger partial charge in [0, 0.05) is 12.5 Å². The lowest BCUT2D eigenvalue weighted by molar-refractivity contribution is -0.749. The molecular formula is C11H21N2O2+. The Morgan fingerprint density at radius 2 is 1.87 bits per heavy atom. The summed E-state index contributed by atoms with van der Waals surface area (Å²) in [4.78, 5) is 22.8. The third-order valence-corrected chi connectivity index (χ3v) is 2.46. The Balaban J connectivity index is 4.76. The maximum atomic E-state index is 11.5. The van der Waals surface area contributed by atoms with E-state index in [-0.39, 0.29) is 11.3 Å². The van der Waals surface area contributed by atoms with Crippen LogP contribution in [0.25, 0.3) is 0 Å². The zero-order valence-electron chi connectivity index (χ0n) is 10.0. The molecule has 1 unspecified atom stereocenters. The molecule has 0 radical (unpaired) electrons. The second-order valence-electron chi connectivity index (χ2n) is 5.11. The van der Waals surface area contributed by atoms with E-state index in [1.165, 1.54) is 7.05 Å². The molecule has 0 aliphatic rings. The Bertz CT molecular complexity index is 279. The van der Waals surface area contributed by atoms with Gasteiger partial charge in [0.1, 0.15) is 0 Å². The highest BCUT2D eigenvalue weighted by Crippen LogP contribution is 2.21. The summed E-state index contributed by atoms with van der Waals surface area (Å²) in [7, 11) is 1.53. The number of likely N-dealkylation sites (N-methyl/N-ethyl adjacent to an activating group) is 1. The van der Waals surface area contributed by atoms with Crippen LogP contribution in [0.2, 0.25) is 0 Å². The second kappa shape index (κ2) is 4.57. The number of rotatable bonds is 3. The van der Waals surface area contributed by atoms with Gasteiger partial charge in [-0.3, -0.25) is 0 Å². The Morgan fingerprint density at radius 1 is 1.40 bits per heavy atom. The van der Waals surface area contributed by atoms with Crippen molar-refractivity contribution >= 4 is 11.9 Å². The standard InChI is InChI=1S/C11H20N2O2/c1-6-9(14)13(5,10(12)15)8-7-11(2,3)4/h6H,1,7-8H2,2-5H3,(H-,12,15)/p+1. The molecule has 0 saturated carbocycles. The van der Waals surface area contributed by atoms with Crippen molar-refractivity contribution in [2.24, 2.45) is 11.1 Å². The molecule has 3 amide bonds. The monoisotopic (exact) mass is 213 g/mol. The molecule has 0 spiro atoms. The van der Waals surface area contributed by atoms with Crippen LogP contribution < -0.4 is 5.73 Å². The van der Waals surface area contributed by atoms with Gasteiger partial charge in [0.05, 0.1) is 13.6 Å². The summed E-state index contributed by atoms with van der Waals surface area (Å²) < 4.78 is -0.402. The first-order valence-electron chi connectivity index (χ1n) is 4.96. The zero-order chi connectivity index (χ0) is 12.3. The number of primary amides is 1. The number of hydrogen-bond donors (Lipinski definition) is 1. The van der Waals surface area contributed by atoms with Crippen molar-refractivity contribution in [2.75, 3.05) is 13.6 Å². The topological polar surface area (TPSA) is 60.2 Å². The van der Waals surface area contributed by atoms with Crippen molar-refractivity contribution in [1.29, 1.82) is 0 Å². The van der Waals surface area contributed by atoms with Gasteiger partial charge in [0.2, 0.25) is 0 Å². The molecule has 0 aromatic heterocycles. The highest BCUT2D eigenvalue weighted by molar-refractivity contribution is 5.89. The summed E-state index contributed by atoms with van der Waals surface area (Å²) >= 11 is 0. The van der Waals surface area contributed by atoms with E-state index in [1.54, 1.807) is 0 Å². The fourth-order valence-electron chi connectivity index (χ4n) is 1.09. The SMILES string of the molecule is C=CC(=O)[N+](C)(CCC(C)(C)C)C(N)=O. The van der Waals surface area contributed by atoms with Crippen molar-refractivity contribution < 1.29 is 14.1 Å². The number of carbonyl (C=O) groups excluding carboxylic acids is 2. The molecule has 15 heavy (non-hydrogen) atoms. The molecule has 86 valence electrons. The minimum atomic E-state index is -0.635. The molecule has 0 heterocycles. The summed E-state index contributed by atoms with van der Waals surface area (Å²) in [5.41, 5.74) is 5.31. The van der Waals surface area contributed by atoms with Crippen LogP contribution in [0.4, 0.5) is 4.79 Å². The van der Waals surface area contributed by atoms with Crippen molar-refractivity contribution in [2.45, 2.75) is 27.2 Å². The average molecular weight is 213 g/mol. The molecule has 4 heteroatoms. The van der Waals surface area contributed by atoms with Crippen LogP contribution in [0.1, 0.15) is 27.2 Å². The van der Waals surface area contributed by atoms with Gasteiger partial charge in [-0.15, -0.1) is 0 Å². The molecule has 2 N–H and O–H groups in total. The fourth-order valence-corrected chi connectivity index (χ4v) is 1.09. The van der Waals surface area contributed by atoms with Gasteiger partial charge < -0.3 is 5.73 Å². The third kappa shape index (κ3) is 3.83. The quantitative estimate of drug-likeness (QED) is 0.572. The lowest BCUT2D eigenvalue weighted by atomic mass is 9.92. The molecule has 1 atom stereocenters. The molecule has 0 aromatic rings. The van der Waals surface area contributed by atoms with E-state index in [1.807, 2.05) is 0 Å². The molecular weight excluding hydrogens is 192 g/mol. The van der Waals surface area contributed by atoms with Gasteiger partial charge in [-0.2, -0.15) is 4.48 Å². The number of hydrogen-bond acceptors (Lipinski definition) is 2. The molecule has 0 saturated heterocycles. The minimum Gasteiger partial charge on any atom is -0.318 e. The van der Waals surface area contributed by atoms with Gasteiger partial charge in [-0.1, -0.05) is 27.4 Å². The van der Waals surface area contributed by atoms with Crippen LogP contribution >= 0.6 is 0 Å². The number of amides is 3. The van der Waals surface area contributed by atoms with Gasteiger partial charge in [0.15, 0.2) is 0 Å². The van der Waals surface area contributed by atoms with Crippen molar-refractivity contribution in [3.05, 3.63) is 12.7 Å². The number of urea groups is 1. The Hall–Kier alpha value is -1.16. The molecule has 0 rings (SSSR count). The maximum absolute atomic E-state index is 11.5. The van der Waals surface area contributed by atoms with E-state index in [0.29, 0.717) is 6.54 Å². The van der Waals surface area contributed by atoms with Crippen molar-refractivity contribution in [1.82, 2.24) is 0 Å². The van der Waals surface area contributed by atoms with Crippen molar-refractivity contribution in [3.8, 4) is 0 Å². The van der Waals surface area contributed by atoms with E-state index in [4.69, 9.17) is 5.73 Å². The summed E-state index contributed by atoms with van der Waals surface area (Å²) in [6, 6.07) is -0.635. The smallest absolute Gasteiger partial charge is 0.318 e. The minimum absolute atomic E-state index is 0.0659. The summed E-state index contributed by atoms with van der Waals surface area (Å²) in [5, 5.41) is 0. The lowest BCUT2D eigenvalue weighted by Crippen LogP contribution is -2.57. The van der Waals surface area contributed by atoms with E-state index in [0.717, 1.165) is 12.5 Å². The van der Waals surface area contributed by atoms with E-state index >= 15 is 0 Å². The van der Waals surface area contributed by atoms with E-state index < -0.39 is 10.5 Å². The Kier molecular flexibility index (Phi) is 4.22. The van der Waals surface area contributed by atoms with Gasteiger partial charge >= 0.3 is 11.9 Å². The van der Waals surface area contributed by atoms with Gasteiger partial charge in [0.25, 0.3) is 0 Å². The van der Waals surface area contributed by atoms with E-state index in [2.05, 4.69) is 27.4 Å². The molecule has 0 aliphatic carbocycles. The fraction of sp³-hybridized carbons (Fsp3) is 0.636. The number of imide groups is 1. The van der Waals surface area contributed by atoms with Gasteiger partial charge in [-0.05, 0) is 5.41 Å². The number of nitrogens with zero attached hydrogens (tertiary/aromatic N) is 1. The highest BCUT2D eigenvalue weighted by atomic mass is 16.2. The van der Waals surface area contributed by atoms with Crippen LogP contribution in [-0.4, -0.2) is 30.0 Å². The normalized spacial score (nSPS) is 15.5. The predicted molar refractivity (Wildman–Crippen MR) is 59.9 cm³/mol. The van der Waals surface area contributed by atoms with Crippen LogP contribution in [0.5, 0.6) is 0 Å². The third-order valence-electron chi connectivity index (χ3n) is 2.46. The molecule has 4 nitrogen and oxygen atoms in total. The van der Waals surface area contributed by atoms with Gasteiger partial charge in [-0.25, -0.2) is 9.59 Å². The summed E-state index contributed by atoms with van der Waals surface area (Å²) in [5.74, 6) is -0.355. The van der Waals surface area contributed by atoms with Crippen LogP contribution in [0.15, 0.2) is 12.7 Å². The first kappa shape index (κ1) is 13.8. The summed E-state index contributed by atoms with van der Waals surface area (Å²) in [6.45, 7) is 9.94. The Morgan fingerprint density at radius 3 is 2.13 bits per heavy atom. The number of carbonyl (C=O) groups is 2. The first-order valence-corrected chi connectivity index (χ1v) is 4.96. The van der Waals surface area contributed by atoms with Crippen molar-refractivity contribution in [3.63, 3.8) is 0 Å². The number of quaternary nitrogens is 1. The average Bonchev–Trinajstić information content (AvgIpc) is 2.11.